The molecular formula is C14H19NO2S. The number of thioether (sulfide) groups is 1. The van der Waals surface area contributed by atoms with Crippen molar-refractivity contribution in [2.45, 2.75) is 30.3 Å². The molecule has 0 saturated heterocycles. The van der Waals surface area contributed by atoms with Crippen LogP contribution in [0.2, 0.25) is 0 Å². The molecule has 2 unspecified atom stereocenters. The monoisotopic (exact) mass is 265 g/mol. The Kier molecular flexibility index (Phi) is 5.08. The molecule has 1 aliphatic rings. The highest BCUT2D eigenvalue weighted by Crippen LogP contribution is 2.25. The Hall–Kier alpha value is -1.00. The van der Waals surface area contributed by atoms with Crippen LogP contribution in [0, 0.1) is 5.92 Å². The fourth-order valence-electron chi connectivity index (χ4n) is 2.24. The highest BCUT2D eigenvalue weighted by Gasteiger charge is 2.30. The zero-order valence-corrected chi connectivity index (χ0v) is 11.2. The molecule has 3 nitrogen and oxygen atoms in total. The number of carbonyl (C=O) groups excluding carboxylic acids is 1. The minimum Gasteiger partial charge on any atom is -0.392 e. The molecule has 0 aliphatic heterocycles. The average molecular weight is 265 g/mol. The lowest BCUT2D eigenvalue weighted by Crippen LogP contribution is -2.35. The van der Waals surface area contributed by atoms with Gasteiger partial charge in [0.15, 0.2) is 0 Å². The number of rotatable bonds is 5. The van der Waals surface area contributed by atoms with E-state index in [0.29, 0.717) is 6.54 Å². The number of aliphatic hydroxyl groups excluding tert-OH is 1. The first-order valence-corrected chi connectivity index (χ1v) is 7.39. The first-order chi connectivity index (χ1) is 8.77. The van der Waals surface area contributed by atoms with Gasteiger partial charge in [-0.05, 0) is 31.4 Å². The highest BCUT2D eigenvalue weighted by molar-refractivity contribution is 7.99. The molecule has 18 heavy (non-hydrogen) atoms. The van der Waals surface area contributed by atoms with Crippen molar-refractivity contribution < 1.29 is 9.90 Å². The summed E-state index contributed by atoms with van der Waals surface area (Å²) < 4.78 is 0. The number of benzene rings is 1. The predicted molar refractivity (Wildman–Crippen MR) is 73.5 cm³/mol. The summed E-state index contributed by atoms with van der Waals surface area (Å²) in [6.07, 6.45) is 2.10. The molecule has 1 aromatic rings. The maximum Gasteiger partial charge on any atom is 0.225 e. The van der Waals surface area contributed by atoms with E-state index < -0.39 is 6.10 Å². The van der Waals surface area contributed by atoms with E-state index in [2.05, 4.69) is 17.4 Å². The SMILES string of the molecule is O=C(NCCSc1ccccc1)C1CCCC1O. The molecule has 2 rings (SSSR count). The van der Waals surface area contributed by atoms with Crippen molar-refractivity contribution in [3.63, 3.8) is 0 Å². The third-order valence-corrected chi connectivity index (χ3v) is 4.24. The molecule has 2 atom stereocenters. The summed E-state index contributed by atoms with van der Waals surface area (Å²) in [6, 6.07) is 10.1. The van der Waals surface area contributed by atoms with Crippen molar-refractivity contribution in [3.05, 3.63) is 30.3 Å². The molecule has 0 spiro atoms. The second-order valence-corrected chi connectivity index (χ2v) is 5.73. The van der Waals surface area contributed by atoms with E-state index in [4.69, 9.17) is 0 Å². The fraction of sp³-hybridized carbons (Fsp3) is 0.500. The molecule has 1 aromatic carbocycles. The summed E-state index contributed by atoms with van der Waals surface area (Å²) in [7, 11) is 0. The molecule has 1 fully saturated rings. The van der Waals surface area contributed by atoms with Gasteiger partial charge >= 0.3 is 0 Å². The second kappa shape index (κ2) is 6.81. The van der Waals surface area contributed by atoms with Crippen molar-refractivity contribution in [1.82, 2.24) is 5.32 Å². The topological polar surface area (TPSA) is 49.3 Å². The number of hydrogen-bond donors (Lipinski definition) is 2. The Morgan fingerprint density at radius 2 is 2.11 bits per heavy atom. The normalized spacial score (nSPS) is 22.9. The summed E-state index contributed by atoms with van der Waals surface area (Å²) in [6.45, 7) is 0.654. The lowest BCUT2D eigenvalue weighted by atomic mass is 10.1. The lowest BCUT2D eigenvalue weighted by Gasteiger charge is -2.14. The third kappa shape index (κ3) is 3.75. The van der Waals surface area contributed by atoms with Crippen LogP contribution in [0.4, 0.5) is 0 Å². The second-order valence-electron chi connectivity index (χ2n) is 4.56. The maximum atomic E-state index is 11.8. The molecule has 0 aromatic heterocycles. The molecule has 2 N–H and O–H groups in total. The van der Waals surface area contributed by atoms with Gasteiger partial charge < -0.3 is 10.4 Å². The van der Waals surface area contributed by atoms with Crippen LogP contribution in [-0.2, 0) is 4.79 Å². The molecule has 98 valence electrons. The van der Waals surface area contributed by atoms with Crippen molar-refractivity contribution in [3.8, 4) is 0 Å². The molecule has 1 amide bonds. The summed E-state index contributed by atoms with van der Waals surface area (Å²) >= 11 is 1.73. The summed E-state index contributed by atoms with van der Waals surface area (Å²) in [5, 5.41) is 12.5. The number of nitrogens with one attached hydrogen (secondary N) is 1. The molecule has 0 bridgehead atoms. The van der Waals surface area contributed by atoms with Gasteiger partial charge in [0, 0.05) is 17.2 Å². The Morgan fingerprint density at radius 1 is 1.33 bits per heavy atom. The van der Waals surface area contributed by atoms with E-state index in [0.717, 1.165) is 25.0 Å². The molecule has 4 heteroatoms. The van der Waals surface area contributed by atoms with Crippen LogP contribution < -0.4 is 5.32 Å². The molecule has 1 saturated carbocycles. The number of aliphatic hydroxyl groups is 1. The van der Waals surface area contributed by atoms with Gasteiger partial charge in [0.2, 0.25) is 5.91 Å². The highest BCUT2D eigenvalue weighted by atomic mass is 32.2. The average Bonchev–Trinajstić information content (AvgIpc) is 2.82. The van der Waals surface area contributed by atoms with Crippen molar-refractivity contribution >= 4 is 17.7 Å². The van der Waals surface area contributed by atoms with Gasteiger partial charge in [-0.3, -0.25) is 4.79 Å². The molecular weight excluding hydrogens is 246 g/mol. The quantitative estimate of drug-likeness (QED) is 0.633. The standard InChI is InChI=1S/C14H19NO2S/c16-13-8-4-7-12(13)14(17)15-9-10-18-11-5-2-1-3-6-11/h1-3,5-6,12-13,16H,4,7-10H2,(H,15,17). The van der Waals surface area contributed by atoms with Crippen LogP contribution in [0.15, 0.2) is 35.2 Å². The van der Waals surface area contributed by atoms with Crippen LogP contribution >= 0.6 is 11.8 Å². The van der Waals surface area contributed by atoms with Crippen molar-refractivity contribution in [2.24, 2.45) is 5.92 Å². The van der Waals surface area contributed by atoms with E-state index in [1.807, 2.05) is 18.2 Å². The molecule has 1 aliphatic carbocycles. The Balaban J connectivity index is 1.65. The summed E-state index contributed by atoms with van der Waals surface area (Å²) in [4.78, 5) is 13.0. The van der Waals surface area contributed by atoms with E-state index in [1.165, 1.54) is 4.90 Å². The van der Waals surface area contributed by atoms with Gasteiger partial charge in [0.1, 0.15) is 0 Å². The van der Waals surface area contributed by atoms with Crippen molar-refractivity contribution in [2.75, 3.05) is 12.3 Å². The maximum absolute atomic E-state index is 11.8. The van der Waals surface area contributed by atoms with E-state index in [-0.39, 0.29) is 11.8 Å². The molecule has 0 radical (unpaired) electrons. The number of carbonyl (C=O) groups is 1. The van der Waals surface area contributed by atoms with Gasteiger partial charge in [-0.1, -0.05) is 18.2 Å². The summed E-state index contributed by atoms with van der Waals surface area (Å²) in [5.41, 5.74) is 0. The zero-order valence-electron chi connectivity index (χ0n) is 10.3. The number of amides is 1. The largest absolute Gasteiger partial charge is 0.392 e. The van der Waals surface area contributed by atoms with Crippen LogP contribution in [0.25, 0.3) is 0 Å². The minimum absolute atomic E-state index is 0.00802. The predicted octanol–water partition coefficient (Wildman–Crippen LogP) is 2.06. The van der Waals surface area contributed by atoms with Gasteiger partial charge in [-0.15, -0.1) is 11.8 Å². The fourth-order valence-corrected chi connectivity index (χ4v) is 3.03. The molecule has 0 heterocycles. The third-order valence-electron chi connectivity index (χ3n) is 3.23. The first-order valence-electron chi connectivity index (χ1n) is 6.41. The van der Waals surface area contributed by atoms with E-state index in [9.17, 15) is 9.90 Å². The smallest absolute Gasteiger partial charge is 0.225 e. The minimum atomic E-state index is -0.438. The van der Waals surface area contributed by atoms with Gasteiger partial charge in [0.05, 0.1) is 12.0 Å². The van der Waals surface area contributed by atoms with Gasteiger partial charge in [-0.2, -0.15) is 0 Å². The van der Waals surface area contributed by atoms with Crippen LogP contribution in [-0.4, -0.2) is 29.4 Å². The summed E-state index contributed by atoms with van der Waals surface area (Å²) in [5.74, 6) is 0.679. The zero-order chi connectivity index (χ0) is 12.8. The van der Waals surface area contributed by atoms with Crippen LogP contribution in [0.5, 0.6) is 0 Å². The van der Waals surface area contributed by atoms with E-state index >= 15 is 0 Å². The lowest BCUT2D eigenvalue weighted by molar-refractivity contribution is -0.127. The Labute approximate surface area is 112 Å². The Bertz CT molecular complexity index is 383. The van der Waals surface area contributed by atoms with Gasteiger partial charge in [0.25, 0.3) is 0 Å². The van der Waals surface area contributed by atoms with Crippen LogP contribution in [0.1, 0.15) is 19.3 Å². The van der Waals surface area contributed by atoms with Gasteiger partial charge in [-0.25, -0.2) is 0 Å². The first kappa shape index (κ1) is 13.4. The van der Waals surface area contributed by atoms with Crippen molar-refractivity contribution in [1.29, 1.82) is 0 Å². The van der Waals surface area contributed by atoms with Crippen LogP contribution in [0.3, 0.4) is 0 Å². The van der Waals surface area contributed by atoms with E-state index in [1.54, 1.807) is 11.8 Å². The number of hydrogen-bond acceptors (Lipinski definition) is 3. The Morgan fingerprint density at radius 3 is 2.78 bits per heavy atom.